The smallest absolute Gasteiger partial charge is 0.317 e. The predicted octanol–water partition coefficient (Wildman–Crippen LogP) is 2.03. The van der Waals surface area contributed by atoms with E-state index < -0.39 is 0 Å². The summed E-state index contributed by atoms with van der Waals surface area (Å²) in [6.07, 6.45) is 4.25. The summed E-state index contributed by atoms with van der Waals surface area (Å²) in [5.74, 6) is 0.743. The number of nitrogens with zero attached hydrogens (tertiary/aromatic N) is 2. The molecule has 0 aliphatic heterocycles. The van der Waals surface area contributed by atoms with Crippen LogP contribution in [0.3, 0.4) is 0 Å². The maximum Gasteiger partial charge on any atom is 0.317 e. The number of hydrogen-bond acceptors (Lipinski definition) is 3. The lowest BCUT2D eigenvalue weighted by molar-refractivity contribution is 0.275. The van der Waals surface area contributed by atoms with Crippen molar-refractivity contribution < 1.29 is 4.74 Å². The predicted molar refractivity (Wildman–Crippen MR) is 48.0 cm³/mol. The Bertz CT molecular complexity index is 276. The molecule has 1 aromatic rings. The molecule has 4 heteroatoms. The van der Waals surface area contributed by atoms with Gasteiger partial charge in [0.15, 0.2) is 0 Å². The fourth-order valence-electron chi connectivity index (χ4n) is 0.866. The van der Waals surface area contributed by atoms with Gasteiger partial charge in [0.2, 0.25) is 0 Å². The Hall–Kier alpha value is -0.640. The highest BCUT2D eigenvalue weighted by Gasteiger charge is 2.22. The van der Waals surface area contributed by atoms with E-state index in [1.807, 2.05) is 0 Å². The van der Waals surface area contributed by atoms with Crippen LogP contribution in [0.5, 0.6) is 6.01 Å². The molecule has 1 aliphatic rings. The maximum atomic E-state index is 5.36. The van der Waals surface area contributed by atoms with E-state index in [1.54, 1.807) is 12.3 Å². The van der Waals surface area contributed by atoms with Gasteiger partial charge in [-0.25, -0.2) is 4.98 Å². The molecule has 64 valence electrons. The maximum absolute atomic E-state index is 5.36. The van der Waals surface area contributed by atoms with Gasteiger partial charge in [0.25, 0.3) is 0 Å². The normalized spacial score (nSPS) is 16.1. The minimum absolute atomic E-state index is 0.469. The van der Waals surface area contributed by atoms with Crippen LogP contribution < -0.4 is 4.74 Å². The Morgan fingerprint density at radius 3 is 3.08 bits per heavy atom. The van der Waals surface area contributed by atoms with Crippen LogP contribution in [0.25, 0.3) is 0 Å². The largest absolute Gasteiger partial charge is 0.463 e. The van der Waals surface area contributed by atoms with Crippen molar-refractivity contribution in [1.82, 2.24) is 9.97 Å². The first kappa shape index (κ1) is 7.98. The standard InChI is InChI=1S/C8H9BrN2O/c9-7-3-4-10-8(11-7)12-5-6-1-2-6/h3-4,6H,1-2,5H2. The molecule has 0 amide bonds. The molecular formula is C8H9BrN2O. The Morgan fingerprint density at radius 1 is 1.58 bits per heavy atom. The van der Waals surface area contributed by atoms with Crippen molar-refractivity contribution in [2.24, 2.45) is 5.92 Å². The molecule has 0 saturated heterocycles. The number of ether oxygens (including phenoxy) is 1. The van der Waals surface area contributed by atoms with Gasteiger partial charge in [-0.15, -0.1) is 0 Å². The molecule has 0 unspecified atom stereocenters. The Morgan fingerprint density at radius 2 is 2.42 bits per heavy atom. The van der Waals surface area contributed by atoms with Gasteiger partial charge >= 0.3 is 6.01 Å². The van der Waals surface area contributed by atoms with Gasteiger partial charge in [0, 0.05) is 6.20 Å². The van der Waals surface area contributed by atoms with Crippen molar-refractivity contribution >= 4 is 15.9 Å². The van der Waals surface area contributed by atoms with Crippen molar-refractivity contribution in [1.29, 1.82) is 0 Å². The topological polar surface area (TPSA) is 35.0 Å². The number of halogens is 1. The molecular weight excluding hydrogens is 220 g/mol. The van der Waals surface area contributed by atoms with Crippen LogP contribution in [-0.4, -0.2) is 16.6 Å². The SMILES string of the molecule is Brc1ccnc(OCC2CC2)n1. The fraction of sp³-hybridized carbons (Fsp3) is 0.500. The number of aromatic nitrogens is 2. The van der Waals surface area contributed by atoms with Gasteiger partial charge < -0.3 is 4.74 Å². The Balaban J connectivity index is 1.92. The summed E-state index contributed by atoms with van der Waals surface area (Å²) in [5.41, 5.74) is 0. The zero-order valence-corrected chi connectivity index (χ0v) is 8.12. The summed E-state index contributed by atoms with van der Waals surface area (Å²) >= 11 is 3.25. The lowest BCUT2D eigenvalue weighted by atomic mass is 10.5. The molecule has 0 aromatic carbocycles. The molecule has 1 aromatic heterocycles. The molecule has 0 N–H and O–H groups in total. The van der Waals surface area contributed by atoms with Crippen LogP contribution in [-0.2, 0) is 0 Å². The highest BCUT2D eigenvalue weighted by molar-refractivity contribution is 9.10. The zero-order valence-electron chi connectivity index (χ0n) is 6.53. The molecule has 3 nitrogen and oxygen atoms in total. The summed E-state index contributed by atoms with van der Waals surface area (Å²) in [6.45, 7) is 0.760. The second-order valence-corrected chi connectivity index (χ2v) is 3.73. The summed E-state index contributed by atoms with van der Waals surface area (Å²) in [6, 6.07) is 2.25. The van der Waals surface area contributed by atoms with Gasteiger partial charge in [0.1, 0.15) is 4.60 Å². The third-order valence-electron chi connectivity index (χ3n) is 1.74. The highest BCUT2D eigenvalue weighted by Crippen LogP contribution is 2.28. The van der Waals surface area contributed by atoms with E-state index in [2.05, 4.69) is 25.9 Å². The summed E-state index contributed by atoms with van der Waals surface area (Å²) in [7, 11) is 0. The first-order chi connectivity index (χ1) is 5.84. The molecule has 0 radical (unpaired) electrons. The summed E-state index contributed by atoms with van der Waals surface area (Å²) in [4.78, 5) is 8.03. The van der Waals surface area contributed by atoms with E-state index in [-0.39, 0.29) is 0 Å². The molecule has 12 heavy (non-hydrogen) atoms. The molecule has 1 saturated carbocycles. The van der Waals surface area contributed by atoms with E-state index in [4.69, 9.17) is 4.74 Å². The highest BCUT2D eigenvalue weighted by atomic mass is 79.9. The van der Waals surface area contributed by atoms with E-state index in [0.29, 0.717) is 6.01 Å². The molecule has 1 aliphatic carbocycles. The summed E-state index contributed by atoms with van der Waals surface area (Å²) in [5, 5.41) is 0. The Kier molecular flexibility index (Phi) is 2.26. The average molecular weight is 229 g/mol. The first-order valence-electron chi connectivity index (χ1n) is 3.96. The fourth-order valence-corrected chi connectivity index (χ4v) is 1.14. The number of hydrogen-bond donors (Lipinski definition) is 0. The van der Waals surface area contributed by atoms with Gasteiger partial charge in [-0.05, 0) is 40.8 Å². The van der Waals surface area contributed by atoms with Crippen LogP contribution in [0.2, 0.25) is 0 Å². The average Bonchev–Trinajstić information content (AvgIpc) is 2.84. The molecule has 1 fully saturated rings. The van der Waals surface area contributed by atoms with Gasteiger partial charge in [-0.3, -0.25) is 0 Å². The number of rotatable bonds is 3. The van der Waals surface area contributed by atoms with E-state index in [0.717, 1.165) is 17.1 Å². The van der Waals surface area contributed by atoms with Crippen LogP contribution in [0.15, 0.2) is 16.9 Å². The van der Waals surface area contributed by atoms with Crippen LogP contribution in [0, 0.1) is 5.92 Å². The van der Waals surface area contributed by atoms with E-state index in [1.165, 1.54) is 12.8 Å². The lowest BCUT2D eigenvalue weighted by Gasteiger charge is -2.01. The quantitative estimate of drug-likeness (QED) is 0.743. The second kappa shape index (κ2) is 3.39. The molecule has 2 rings (SSSR count). The van der Waals surface area contributed by atoms with Gasteiger partial charge in [-0.2, -0.15) is 4.98 Å². The monoisotopic (exact) mass is 228 g/mol. The minimum atomic E-state index is 0.469. The van der Waals surface area contributed by atoms with Crippen LogP contribution in [0.1, 0.15) is 12.8 Å². The summed E-state index contributed by atoms with van der Waals surface area (Å²) < 4.78 is 6.13. The van der Waals surface area contributed by atoms with Crippen molar-refractivity contribution in [3.63, 3.8) is 0 Å². The molecule has 0 bridgehead atoms. The Labute approximate surface area is 79.3 Å². The van der Waals surface area contributed by atoms with Crippen molar-refractivity contribution in [3.8, 4) is 6.01 Å². The molecule has 0 spiro atoms. The van der Waals surface area contributed by atoms with Crippen molar-refractivity contribution in [3.05, 3.63) is 16.9 Å². The van der Waals surface area contributed by atoms with Crippen molar-refractivity contribution in [2.75, 3.05) is 6.61 Å². The van der Waals surface area contributed by atoms with Crippen molar-refractivity contribution in [2.45, 2.75) is 12.8 Å². The first-order valence-corrected chi connectivity index (χ1v) is 4.75. The third kappa shape index (κ3) is 2.17. The molecule has 0 atom stereocenters. The van der Waals surface area contributed by atoms with E-state index in [9.17, 15) is 0 Å². The van der Waals surface area contributed by atoms with E-state index >= 15 is 0 Å². The van der Waals surface area contributed by atoms with Crippen LogP contribution in [0.4, 0.5) is 0 Å². The lowest BCUT2D eigenvalue weighted by Crippen LogP contribution is -2.02. The zero-order chi connectivity index (χ0) is 8.39. The molecule has 1 heterocycles. The van der Waals surface area contributed by atoms with Gasteiger partial charge in [-0.1, -0.05) is 0 Å². The third-order valence-corrected chi connectivity index (χ3v) is 2.19. The van der Waals surface area contributed by atoms with Crippen LogP contribution >= 0.6 is 15.9 Å². The minimum Gasteiger partial charge on any atom is -0.463 e. The second-order valence-electron chi connectivity index (χ2n) is 2.92. The van der Waals surface area contributed by atoms with Gasteiger partial charge in [0.05, 0.1) is 6.61 Å².